The maximum absolute atomic E-state index is 12.8. The fourth-order valence-corrected chi connectivity index (χ4v) is 4.02. The van der Waals surface area contributed by atoms with Gasteiger partial charge in [0.15, 0.2) is 5.65 Å². The molecule has 1 N–H and O–H groups in total. The van der Waals surface area contributed by atoms with Gasteiger partial charge >= 0.3 is 0 Å². The van der Waals surface area contributed by atoms with E-state index in [0.717, 1.165) is 54.6 Å². The van der Waals surface area contributed by atoms with Crippen molar-refractivity contribution in [3.05, 3.63) is 58.6 Å². The Morgan fingerprint density at radius 3 is 2.82 bits per heavy atom. The van der Waals surface area contributed by atoms with Gasteiger partial charge in [0, 0.05) is 22.9 Å². The van der Waals surface area contributed by atoms with E-state index in [1.54, 1.807) is 12.3 Å². The second-order valence-corrected chi connectivity index (χ2v) is 7.39. The van der Waals surface area contributed by atoms with Gasteiger partial charge in [-0.1, -0.05) is 13.0 Å². The quantitative estimate of drug-likeness (QED) is 0.596. The Balaban J connectivity index is 1.50. The number of aromatic amines is 1. The first-order valence-corrected chi connectivity index (χ1v) is 9.78. The Morgan fingerprint density at radius 2 is 2.00 bits per heavy atom. The third-order valence-corrected chi connectivity index (χ3v) is 5.73. The van der Waals surface area contributed by atoms with Gasteiger partial charge in [-0.3, -0.25) is 9.89 Å². The predicted molar refractivity (Wildman–Crippen MR) is 108 cm³/mol. The van der Waals surface area contributed by atoms with E-state index >= 15 is 0 Å². The van der Waals surface area contributed by atoms with E-state index in [2.05, 4.69) is 32.1 Å². The zero-order chi connectivity index (χ0) is 19.1. The van der Waals surface area contributed by atoms with Gasteiger partial charge in [0.1, 0.15) is 0 Å². The predicted octanol–water partition coefficient (Wildman–Crippen LogP) is 2.83. The van der Waals surface area contributed by atoms with Crippen molar-refractivity contribution in [3.63, 3.8) is 0 Å². The van der Waals surface area contributed by atoms with Crippen LogP contribution in [0, 0.1) is 0 Å². The highest BCUT2D eigenvalue weighted by Crippen LogP contribution is 2.27. The van der Waals surface area contributed by atoms with Crippen LogP contribution in [0.2, 0.25) is 0 Å². The summed E-state index contributed by atoms with van der Waals surface area (Å²) in [6.07, 6.45) is 3.93. The highest BCUT2D eigenvalue weighted by Gasteiger charge is 2.21. The van der Waals surface area contributed by atoms with Gasteiger partial charge in [-0.25, -0.2) is 4.98 Å². The van der Waals surface area contributed by atoms with E-state index in [1.807, 2.05) is 30.3 Å². The van der Waals surface area contributed by atoms with Gasteiger partial charge in [0.05, 0.1) is 23.1 Å². The van der Waals surface area contributed by atoms with Gasteiger partial charge in [0.25, 0.3) is 5.56 Å². The number of nitrogens with zero attached hydrogens (tertiary/aromatic N) is 5. The van der Waals surface area contributed by atoms with Crippen LogP contribution in [-0.2, 0) is 0 Å². The molecule has 7 nitrogen and oxygen atoms in total. The van der Waals surface area contributed by atoms with Gasteiger partial charge in [0.2, 0.25) is 0 Å². The largest absolute Gasteiger partial charge is 0.304 e. The number of benzene rings is 1. The maximum Gasteiger partial charge on any atom is 0.275 e. The fraction of sp³-hybridized carbons (Fsp3) is 0.333. The first kappa shape index (κ1) is 17.1. The molecule has 0 unspecified atom stereocenters. The minimum absolute atomic E-state index is 0.153. The molecule has 1 fully saturated rings. The Bertz CT molecular complexity index is 1200. The molecule has 1 aromatic carbocycles. The highest BCUT2D eigenvalue weighted by atomic mass is 16.1. The minimum atomic E-state index is -0.153. The molecule has 0 saturated carbocycles. The molecule has 7 heteroatoms. The smallest absolute Gasteiger partial charge is 0.275 e. The summed E-state index contributed by atoms with van der Waals surface area (Å²) in [6.45, 7) is 5.46. The number of H-pyrrole nitrogens is 1. The van der Waals surface area contributed by atoms with E-state index < -0.39 is 0 Å². The molecular weight excluding hydrogens is 352 g/mol. The van der Waals surface area contributed by atoms with E-state index in [0.29, 0.717) is 17.3 Å². The molecule has 1 saturated heterocycles. The Hall–Kier alpha value is -3.06. The zero-order valence-electron chi connectivity index (χ0n) is 15.8. The van der Waals surface area contributed by atoms with Crippen LogP contribution in [0.4, 0.5) is 0 Å². The Kier molecular flexibility index (Phi) is 4.16. The molecule has 0 amide bonds. The van der Waals surface area contributed by atoms with E-state index in [1.165, 1.54) is 4.52 Å². The lowest BCUT2D eigenvalue weighted by molar-refractivity contribution is 0.220. The summed E-state index contributed by atoms with van der Waals surface area (Å²) < 4.78 is 1.43. The normalized spacial score (nSPS) is 16.2. The number of rotatable bonds is 3. The number of hydrogen-bond acceptors (Lipinski definition) is 5. The number of likely N-dealkylation sites (tertiary alicyclic amines) is 1. The summed E-state index contributed by atoms with van der Waals surface area (Å²) in [5.74, 6) is 0.405. The van der Waals surface area contributed by atoms with Crippen molar-refractivity contribution in [2.24, 2.45) is 0 Å². The summed E-state index contributed by atoms with van der Waals surface area (Å²) in [6, 6.07) is 11.4. The van der Waals surface area contributed by atoms with Crippen LogP contribution in [-0.4, -0.2) is 49.3 Å². The molecule has 3 aromatic heterocycles. The SMILES string of the molecule is CCN1CCC(c2ccc3nc(-c4ccc5[nH]ncc5c4)cc(=O)n3n2)CC1. The molecular formula is C21H22N6O. The molecule has 5 rings (SSSR count). The monoisotopic (exact) mass is 374 g/mol. The first-order chi connectivity index (χ1) is 13.7. The van der Waals surface area contributed by atoms with Gasteiger partial charge in [-0.15, -0.1) is 0 Å². The van der Waals surface area contributed by atoms with E-state index in [4.69, 9.17) is 0 Å². The van der Waals surface area contributed by atoms with E-state index in [9.17, 15) is 4.79 Å². The van der Waals surface area contributed by atoms with Crippen molar-refractivity contribution in [2.45, 2.75) is 25.7 Å². The average molecular weight is 374 g/mol. The van der Waals surface area contributed by atoms with Crippen LogP contribution >= 0.6 is 0 Å². The fourth-order valence-electron chi connectivity index (χ4n) is 4.02. The van der Waals surface area contributed by atoms with Crippen LogP contribution in [0.1, 0.15) is 31.4 Å². The van der Waals surface area contributed by atoms with Crippen LogP contribution in [0.15, 0.2) is 47.4 Å². The molecule has 142 valence electrons. The topological polar surface area (TPSA) is 79.2 Å². The zero-order valence-corrected chi connectivity index (χ0v) is 15.8. The molecule has 0 spiro atoms. The van der Waals surface area contributed by atoms with Crippen molar-refractivity contribution < 1.29 is 0 Å². The standard InChI is InChI=1S/C21H22N6O/c1-2-26-9-7-14(8-10-26)18-5-6-20-23-19(12-21(28)27(20)25-18)15-3-4-17-16(11-15)13-22-24-17/h3-6,11-14H,2,7-10H2,1H3,(H,22,24). The lowest BCUT2D eigenvalue weighted by Crippen LogP contribution is -2.33. The van der Waals surface area contributed by atoms with Gasteiger partial charge < -0.3 is 4.90 Å². The number of hydrogen-bond donors (Lipinski definition) is 1. The molecule has 0 radical (unpaired) electrons. The van der Waals surface area contributed by atoms with Crippen molar-refractivity contribution >= 4 is 16.6 Å². The summed E-state index contributed by atoms with van der Waals surface area (Å²) >= 11 is 0. The van der Waals surface area contributed by atoms with E-state index in [-0.39, 0.29) is 5.56 Å². The summed E-state index contributed by atoms with van der Waals surface area (Å²) in [7, 11) is 0. The third-order valence-electron chi connectivity index (χ3n) is 5.73. The molecule has 0 bridgehead atoms. The molecule has 0 atom stereocenters. The van der Waals surface area contributed by atoms with Crippen LogP contribution in [0.5, 0.6) is 0 Å². The van der Waals surface area contributed by atoms with Crippen molar-refractivity contribution in [1.29, 1.82) is 0 Å². The van der Waals surface area contributed by atoms with Crippen LogP contribution in [0.25, 0.3) is 27.8 Å². The average Bonchev–Trinajstić information content (AvgIpc) is 3.21. The van der Waals surface area contributed by atoms with Crippen LogP contribution in [0.3, 0.4) is 0 Å². The Morgan fingerprint density at radius 1 is 1.14 bits per heavy atom. The summed E-state index contributed by atoms with van der Waals surface area (Å²) in [5.41, 5.74) is 3.91. The van der Waals surface area contributed by atoms with Crippen molar-refractivity contribution in [1.82, 2.24) is 29.7 Å². The molecule has 0 aliphatic carbocycles. The van der Waals surface area contributed by atoms with Crippen molar-refractivity contribution in [2.75, 3.05) is 19.6 Å². The number of aromatic nitrogens is 5. The lowest BCUT2D eigenvalue weighted by Gasteiger charge is -2.30. The first-order valence-electron chi connectivity index (χ1n) is 9.78. The molecule has 4 aromatic rings. The van der Waals surface area contributed by atoms with Crippen LogP contribution < -0.4 is 5.56 Å². The van der Waals surface area contributed by atoms with Gasteiger partial charge in [-0.2, -0.15) is 14.7 Å². The van der Waals surface area contributed by atoms with Gasteiger partial charge in [-0.05, 0) is 56.7 Å². The Labute approximate surface area is 162 Å². The highest BCUT2D eigenvalue weighted by molar-refractivity contribution is 5.83. The molecule has 1 aliphatic heterocycles. The molecule has 4 heterocycles. The second-order valence-electron chi connectivity index (χ2n) is 7.39. The minimum Gasteiger partial charge on any atom is -0.304 e. The summed E-state index contributed by atoms with van der Waals surface area (Å²) in [5, 5.41) is 12.6. The summed E-state index contributed by atoms with van der Waals surface area (Å²) in [4.78, 5) is 19.9. The number of piperidine rings is 1. The van der Waals surface area contributed by atoms with Crippen molar-refractivity contribution in [3.8, 4) is 11.3 Å². The lowest BCUT2D eigenvalue weighted by atomic mass is 9.93. The molecule has 28 heavy (non-hydrogen) atoms. The number of fused-ring (bicyclic) bond motifs is 2. The molecule has 1 aliphatic rings. The third kappa shape index (κ3) is 2.97. The maximum atomic E-state index is 12.8. The second kappa shape index (κ2) is 6.83. The number of nitrogens with one attached hydrogen (secondary N) is 1.